The maximum absolute atomic E-state index is 11.8. The summed E-state index contributed by atoms with van der Waals surface area (Å²) >= 11 is 0. The molecule has 0 saturated heterocycles. The van der Waals surface area contributed by atoms with Gasteiger partial charge in [0.1, 0.15) is 11.9 Å². The van der Waals surface area contributed by atoms with E-state index in [-0.39, 0.29) is 24.5 Å². The second kappa shape index (κ2) is 7.97. The lowest BCUT2D eigenvalue weighted by Gasteiger charge is -2.26. The molecule has 0 aromatic heterocycles. The van der Waals surface area contributed by atoms with Gasteiger partial charge in [0.2, 0.25) is 0 Å². The Labute approximate surface area is 131 Å². The smallest absolute Gasteiger partial charge is 0.344 e. The molecule has 2 unspecified atom stereocenters. The van der Waals surface area contributed by atoms with Crippen LogP contribution in [-0.4, -0.2) is 24.5 Å². The van der Waals surface area contributed by atoms with E-state index in [1.165, 1.54) is 6.42 Å². The Hall–Kier alpha value is -1.84. The fraction of sp³-hybridized carbons (Fsp3) is 0.556. The Morgan fingerprint density at radius 1 is 1.18 bits per heavy atom. The fourth-order valence-electron chi connectivity index (χ4n) is 2.79. The lowest BCUT2D eigenvalue weighted by atomic mass is 9.89. The number of hydrogen-bond donors (Lipinski definition) is 0. The monoisotopic (exact) mass is 304 g/mol. The van der Waals surface area contributed by atoms with Crippen molar-refractivity contribution in [1.82, 2.24) is 0 Å². The highest BCUT2D eigenvalue weighted by Gasteiger charge is 2.22. The Bertz CT molecular complexity index is 506. The molecule has 1 fully saturated rings. The first-order chi connectivity index (χ1) is 10.6. The molecule has 0 aliphatic heterocycles. The summed E-state index contributed by atoms with van der Waals surface area (Å²) in [4.78, 5) is 23.3. The molecule has 1 saturated carbocycles. The van der Waals surface area contributed by atoms with Gasteiger partial charge in [0.05, 0.1) is 0 Å². The van der Waals surface area contributed by atoms with Gasteiger partial charge in [-0.15, -0.1) is 0 Å². The summed E-state index contributed by atoms with van der Waals surface area (Å²) in [5.41, 5.74) is 0.661. The maximum atomic E-state index is 11.8. The molecule has 0 amide bonds. The average molecular weight is 304 g/mol. The highest BCUT2D eigenvalue weighted by molar-refractivity contribution is 5.95. The van der Waals surface area contributed by atoms with Crippen LogP contribution < -0.4 is 4.74 Å². The van der Waals surface area contributed by atoms with E-state index in [4.69, 9.17) is 9.47 Å². The third-order valence-electron chi connectivity index (χ3n) is 4.04. The van der Waals surface area contributed by atoms with Gasteiger partial charge < -0.3 is 9.47 Å². The van der Waals surface area contributed by atoms with Crippen LogP contribution in [0.3, 0.4) is 0 Å². The van der Waals surface area contributed by atoms with E-state index >= 15 is 0 Å². The van der Waals surface area contributed by atoms with Crippen molar-refractivity contribution in [2.24, 2.45) is 5.92 Å². The molecule has 1 aliphatic carbocycles. The van der Waals surface area contributed by atoms with Gasteiger partial charge in [0.15, 0.2) is 12.4 Å². The summed E-state index contributed by atoms with van der Waals surface area (Å²) in [5.74, 6) is 0.961. The largest absolute Gasteiger partial charge is 0.482 e. The molecule has 2 atom stereocenters. The van der Waals surface area contributed by atoms with Crippen molar-refractivity contribution in [2.75, 3.05) is 6.61 Å². The molecule has 0 N–H and O–H groups in total. The molecule has 0 heterocycles. The van der Waals surface area contributed by atoms with Gasteiger partial charge in [-0.3, -0.25) is 4.79 Å². The average Bonchev–Trinajstić information content (AvgIpc) is 2.52. The minimum atomic E-state index is -0.326. The number of ketones is 1. The van der Waals surface area contributed by atoms with E-state index in [1.54, 1.807) is 24.3 Å². The van der Waals surface area contributed by atoms with Crippen molar-refractivity contribution in [3.05, 3.63) is 29.8 Å². The third-order valence-corrected chi connectivity index (χ3v) is 4.04. The van der Waals surface area contributed by atoms with Crippen LogP contribution in [0.15, 0.2) is 24.3 Å². The van der Waals surface area contributed by atoms with Crippen LogP contribution in [0, 0.1) is 5.92 Å². The van der Waals surface area contributed by atoms with Crippen molar-refractivity contribution in [3.8, 4) is 5.75 Å². The number of ether oxygens (including phenoxy) is 2. The quantitative estimate of drug-likeness (QED) is 0.593. The van der Waals surface area contributed by atoms with E-state index in [0.717, 1.165) is 19.3 Å². The molecule has 0 spiro atoms. The summed E-state index contributed by atoms with van der Waals surface area (Å²) < 4.78 is 10.9. The Kier molecular flexibility index (Phi) is 5.99. The van der Waals surface area contributed by atoms with Crippen LogP contribution in [-0.2, 0) is 9.53 Å². The zero-order chi connectivity index (χ0) is 15.9. The van der Waals surface area contributed by atoms with Gasteiger partial charge in [-0.2, -0.15) is 0 Å². The normalized spacial score (nSPS) is 21.2. The van der Waals surface area contributed by atoms with Gasteiger partial charge in [0.25, 0.3) is 0 Å². The van der Waals surface area contributed by atoms with Crippen LogP contribution in [0.5, 0.6) is 5.75 Å². The Morgan fingerprint density at radius 2 is 1.91 bits per heavy atom. The molecule has 1 aromatic rings. The van der Waals surface area contributed by atoms with Crippen LogP contribution >= 0.6 is 0 Å². The highest BCUT2D eigenvalue weighted by atomic mass is 16.6. The van der Waals surface area contributed by atoms with Crippen LogP contribution in [0.25, 0.3) is 0 Å². The molecule has 1 aliphatic rings. The predicted molar refractivity (Wildman–Crippen MR) is 84.1 cm³/mol. The number of benzene rings is 1. The number of carbonyl (C=O) groups is 2. The van der Waals surface area contributed by atoms with E-state index in [9.17, 15) is 9.59 Å². The van der Waals surface area contributed by atoms with Gasteiger partial charge >= 0.3 is 5.97 Å². The van der Waals surface area contributed by atoms with Crippen LogP contribution in [0.2, 0.25) is 0 Å². The molecule has 4 heteroatoms. The summed E-state index contributed by atoms with van der Waals surface area (Å²) in [6.07, 6.45) is 4.74. The molecular weight excluding hydrogens is 280 g/mol. The maximum Gasteiger partial charge on any atom is 0.344 e. The molecule has 0 radical (unpaired) electrons. The topological polar surface area (TPSA) is 52.6 Å². The molecular formula is C18H24O4. The fourth-order valence-corrected chi connectivity index (χ4v) is 2.79. The zero-order valence-electron chi connectivity index (χ0n) is 13.3. The zero-order valence-corrected chi connectivity index (χ0v) is 13.3. The van der Waals surface area contributed by atoms with E-state index < -0.39 is 0 Å². The number of carbonyl (C=O) groups excluding carboxylic acids is 2. The molecule has 1 aromatic carbocycles. The van der Waals surface area contributed by atoms with E-state index in [0.29, 0.717) is 23.7 Å². The SMILES string of the molecule is CCC(=O)c1ccc(OCC(=O)OC2CCCC(C)C2)cc1. The summed E-state index contributed by atoms with van der Waals surface area (Å²) in [7, 11) is 0. The third kappa shape index (κ3) is 4.86. The van der Waals surface area contributed by atoms with E-state index in [1.807, 2.05) is 6.92 Å². The van der Waals surface area contributed by atoms with Crippen molar-refractivity contribution in [1.29, 1.82) is 0 Å². The summed E-state index contributed by atoms with van der Waals surface area (Å²) in [6.45, 7) is 3.93. The van der Waals surface area contributed by atoms with Gasteiger partial charge in [0, 0.05) is 12.0 Å². The number of Topliss-reactive ketones (excluding diaryl/α,β-unsaturated/α-hetero) is 1. The first-order valence-electron chi connectivity index (χ1n) is 8.04. The second-order valence-corrected chi connectivity index (χ2v) is 5.97. The van der Waals surface area contributed by atoms with Gasteiger partial charge in [-0.1, -0.05) is 20.3 Å². The van der Waals surface area contributed by atoms with Gasteiger partial charge in [-0.25, -0.2) is 4.79 Å². The molecule has 4 nitrogen and oxygen atoms in total. The first kappa shape index (κ1) is 16.5. The van der Waals surface area contributed by atoms with Crippen molar-refractivity contribution < 1.29 is 19.1 Å². The minimum Gasteiger partial charge on any atom is -0.482 e. The van der Waals surface area contributed by atoms with Gasteiger partial charge in [-0.05, 0) is 49.4 Å². The molecule has 2 rings (SSSR count). The lowest BCUT2D eigenvalue weighted by molar-refractivity contribution is -0.153. The summed E-state index contributed by atoms with van der Waals surface area (Å²) in [6, 6.07) is 6.85. The molecule has 0 bridgehead atoms. The standard InChI is InChI=1S/C18H24O4/c1-3-17(19)14-7-9-15(10-8-14)21-12-18(20)22-16-6-4-5-13(2)11-16/h7-10,13,16H,3-6,11-12H2,1-2H3. The van der Waals surface area contributed by atoms with Crippen molar-refractivity contribution in [2.45, 2.75) is 52.1 Å². The van der Waals surface area contributed by atoms with E-state index in [2.05, 4.69) is 6.92 Å². The van der Waals surface area contributed by atoms with Crippen LogP contribution in [0.1, 0.15) is 56.3 Å². The first-order valence-corrected chi connectivity index (χ1v) is 8.04. The minimum absolute atomic E-state index is 0.0319. The predicted octanol–water partition coefficient (Wildman–Crippen LogP) is 3.78. The number of hydrogen-bond acceptors (Lipinski definition) is 4. The number of rotatable bonds is 6. The molecule has 120 valence electrons. The summed E-state index contributed by atoms with van der Waals surface area (Å²) in [5, 5.41) is 0. The highest BCUT2D eigenvalue weighted by Crippen LogP contribution is 2.25. The number of esters is 1. The second-order valence-electron chi connectivity index (χ2n) is 5.97. The van der Waals surface area contributed by atoms with Crippen molar-refractivity contribution in [3.63, 3.8) is 0 Å². The van der Waals surface area contributed by atoms with Crippen LogP contribution in [0.4, 0.5) is 0 Å². The lowest BCUT2D eigenvalue weighted by Crippen LogP contribution is -2.27. The Balaban J connectivity index is 1.77. The van der Waals surface area contributed by atoms with Crippen molar-refractivity contribution >= 4 is 11.8 Å². The Morgan fingerprint density at radius 3 is 2.55 bits per heavy atom. The molecule has 22 heavy (non-hydrogen) atoms.